The van der Waals surface area contributed by atoms with Crippen molar-refractivity contribution in [2.24, 2.45) is 0 Å². The van der Waals surface area contributed by atoms with Crippen LogP contribution in [0.25, 0.3) is 0 Å². The highest BCUT2D eigenvalue weighted by Crippen LogP contribution is 2.19. The maximum atomic E-state index is 12.6. The van der Waals surface area contributed by atoms with Crippen molar-refractivity contribution < 1.29 is 4.79 Å². The number of aryl methyl sites for hydroxylation is 1. The summed E-state index contributed by atoms with van der Waals surface area (Å²) in [4.78, 5) is 14.5. The molecule has 1 atom stereocenters. The lowest BCUT2D eigenvalue weighted by atomic mass is 10.1. The summed E-state index contributed by atoms with van der Waals surface area (Å²) in [6.45, 7) is 4.93. The first-order valence-corrected chi connectivity index (χ1v) is 7.76. The number of hydrogen-bond donors (Lipinski definition) is 1. The van der Waals surface area contributed by atoms with Crippen LogP contribution in [0.3, 0.4) is 0 Å². The second-order valence-corrected chi connectivity index (χ2v) is 6.00. The van der Waals surface area contributed by atoms with E-state index in [0.717, 1.165) is 49.1 Å². The highest BCUT2D eigenvalue weighted by Gasteiger charge is 2.24. The maximum absolute atomic E-state index is 12.6. The molecule has 2 rings (SSSR count). The van der Waals surface area contributed by atoms with Crippen molar-refractivity contribution in [3.63, 3.8) is 0 Å². The van der Waals surface area contributed by atoms with Gasteiger partial charge in [0.2, 0.25) is 0 Å². The van der Waals surface area contributed by atoms with Crippen molar-refractivity contribution in [3.8, 4) is 0 Å². The molecule has 0 saturated carbocycles. The topological polar surface area (TPSA) is 37.3 Å². The number of amides is 1. The molecule has 1 aliphatic heterocycles. The van der Waals surface area contributed by atoms with Crippen molar-refractivity contribution >= 4 is 21.8 Å². The SMILES string of the molecule is CCn1cc(Br)cc1C(=O)N(C)C1CCCNCC1. The molecule has 2 heterocycles. The van der Waals surface area contributed by atoms with Gasteiger partial charge >= 0.3 is 0 Å². The third-order valence-corrected chi connectivity index (χ3v) is 4.27. The van der Waals surface area contributed by atoms with E-state index in [1.54, 1.807) is 0 Å². The molecule has 106 valence electrons. The zero-order valence-electron chi connectivity index (χ0n) is 11.7. The van der Waals surface area contributed by atoms with Gasteiger partial charge in [0.1, 0.15) is 5.69 Å². The van der Waals surface area contributed by atoms with E-state index >= 15 is 0 Å². The molecule has 1 aliphatic rings. The van der Waals surface area contributed by atoms with Crippen LogP contribution in [0.5, 0.6) is 0 Å². The Morgan fingerprint density at radius 2 is 2.32 bits per heavy atom. The third-order valence-electron chi connectivity index (χ3n) is 3.84. The van der Waals surface area contributed by atoms with E-state index in [1.165, 1.54) is 0 Å². The molecule has 0 spiro atoms. The lowest BCUT2D eigenvalue weighted by Gasteiger charge is -2.27. The summed E-state index contributed by atoms with van der Waals surface area (Å²) in [5, 5.41) is 3.39. The highest BCUT2D eigenvalue weighted by atomic mass is 79.9. The van der Waals surface area contributed by atoms with Crippen LogP contribution in [0.2, 0.25) is 0 Å². The number of hydrogen-bond acceptors (Lipinski definition) is 2. The van der Waals surface area contributed by atoms with E-state index in [0.29, 0.717) is 6.04 Å². The van der Waals surface area contributed by atoms with E-state index in [-0.39, 0.29) is 5.91 Å². The Hall–Kier alpha value is -0.810. The number of rotatable bonds is 3. The monoisotopic (exact) mass is 327 g/mol. The zero-order chi connectivity index (χ0) is 13.8. The van der Waals surface area contributed by atoms with Crippen LogP contribution in [0.15, 0.2) is 16.7 Å². The molecule has 1 aromatic rings. The van der Waals surface area contributed by atoms with Crippen LogP contribution in [-0.2, 0) is 6.54 Å². The van der Waals surface area contributed by atoms with Gasteiger partial charge in [-0.15, -0.1) is 0 Å². The Bertz CT molecular complexity index is 436. The van der Waals surface area contributed by atoms with Crippen molar-refractivity contribution in [1.29, 1.82) is 0 Å². The van der Waals surface area contributed by atoms with Gasteiger partial charge in [0.05, 0.1) is 0 Å². The van der Waals surface area contributed by atoms with Gasteiger partial charge in [-0.25, -0.2) is 0 Å². The van der Waals surface area contributed by atoms with Gasteiger partial charge in [-0.05, 0) is 61.3 Å². The smallest absolute Gasteiger partial charge is 0.270 e. The average Bonchev–Trinajstić information content (AvgIpc) is 2.63. The predicted octanol–water partition coefficient (Wildman–Crippen LogP) is 2.48. The van der Waals surface area contributed by atoms with E-state index in [4.69, 9.17) is 0 Å². The van der Waals surface area contributed by atoms with Crippen LogP contribution in [0, 0.1) is 0 Å². The lowest BCUT2D eigenvalue weighted by molar-refractivity contribution is 0.0709. The van der Waals surface area contributed by atoms with Crippen LogP contribution >= 0.6 is 15.9 Å². The number of nitrogens with zero attached hydrogens (tertiary/aromatic N) is 2. The third kappa shape index (κ3) is 3.39. The molecule has 0 aliphatic carbocycles. The first-order valence-electron chi connectivity index (χ1n) is 6.97. The van der Waals surface area contributed by atoms with Gasteiger partial charge in [0.25, 0.3) is 5.91 Å². The van der Waals surface area contributed by atoms with Crippen molar-refractivity contribution in [3.05, 3.63) is 22.4 Å². The molecular weight excluding hydrogens is 306 g/mol. The Kier molecular flexibility index (Phi) is 5.05. The molecule has 0 aromatic carbocycles. The van der Waals surface area contributed by atoms with E-state index in [1.807, 2.05) is 28.8 Å². The summed E-state index contributed by atoms with van der Waals surface area (Å²) >= 11 is 3.45. The Morgan fingerprint density at radius 3 is 3.05 bits per heavy atom. The molecule has 0 radical (unpaired) electrons. The number of halogens is 1. The van der Waals surface area contributed by atoms with Gasteiger partial charge in [0.15, 0.2) is 0 Å². The first-order chi connectivity index (χ1) is 9.13. The van der Waals surface area contributed by atoms with Gasteiger partial charge in [0, 0.05) is 30.3 Å². The molecule has 1 saturated heterocycles. The summed E-state index contributed by atoms with van der Waals surface area (Å²) in [5.41, 5.74) is 0.772. The molecule has 19 heavy (non-hydrogen) atoms. The fraction of sp³-hybridized carbons (Fsp3) is 0.643. The fourth-order valence-electron chi connectivity index (χ4n) is 2.65. The van der Waals surface area contributed by atoms with E-state index < -0.39 is 0 Å². The lowest BCUT2D eigenvalue weighted by Crippen LogP contribution is -2.38. The number of carbonyl (C=O) groups excluding carboxylic acids is 1. The molecule has 1 fully saturated rings. The zero-order valence-corrected chi connectivity index (χ0v) is 13.2. The van der Waals surface area contributed by atoms with Gasteiger partial charge in [-0.2, -0.15) is 0 Å². The van der Waals surface area contributed by atoms with Crippen LogP contribution < -0.4 is 5.32 Å². The fourth-order valence-corrected chi connectivity index (χ4v) is 3.11. The molecule has 4 nitrogen and oxygen atoms in total. The molecule has 0 bridgehead atoms. The molecular formula is C14H22BrN3O. The average molecular weight is 328 g/mol. The second-order valence-electron chi connectivity index (χ2n) is 5.08. The summed E-state index contributed by atoms with van der Waals surface area (Å²) in [6, 6.07) is 2.26. The van der Waals surface area contributed by atoms with Crippen molar-refractivity contribution in [1.82, 2.24) is 14.8 Å². The Labute approximate surface area is 123 Å². The molecule has 1 unspecified atom stereocenters. The maximum Gasteiger partial charge on any atom is 0.270 e. The van der Waals surface area contributed by atoms with E-state index in [9.17, 15) is 4.79 Å². The minimum atomic E-state index is 0.124. The Balaban J connectivity index is 2.13. The largest absolute Gasteiger partial charge is 0.343 e. The van der Waals surface area contributed by atoms with Gasteiger partial charge in [-0.1, -0.05) is 0 Å². The van der Waals surface area contributed by atoms with Crippen molar-refractivity contribution in [2.75, 3.05) is 20.1 Å². The van der Waals surface area contributed by atoms with Crippen LogP contribution in [0.4, 0.5) is 0 Å². The molecule has 1 aromatic heterocycles. The first kappa shape index (κ1) is 14.6. The van der Waals surface area contributed by atoms with E-state index in [2.05, 4.69) is 28.2 Å². The molecule has 1 amide bonds. The normalized spacial score (nSPS) is 20.1. The number of carbonyl (C=O) groups is 1. The number of nitrogens with one attached hydrogen (secondary N) is 1. The summed E-state index contributed by atoms with van der Waals surface area (Å²) in [5.74, 6) is 0.124. The van der Waals surface area contributed by atoms with Crippen molar-refractivity contribution in [2.45, 2.75) is 38.8 Å². The summed E-state index contributed by atoms with van der Waals surface area (Å²) < 4.78 is 2.96. The molecule has 1 N–H and O–H groups in total. The predicted molar refractivity (Wildman–Crippen MR) is 80.4 cm³/mol. The number of aromatic nitrogens is 1. The minimum Gasteiger partial charge on any atom is -0.343 e. The standard InChI is InChI=1S/C14H22BrN3O/c1-3-18-10-11(15)9-13(18)14(19)17(2)12-5-4-7-16-8-6-12/h9-10,12,16H,3-8H2,1-2H3. The summed E-state index contributed by atoms with van der Waals surface area (Å²) in [6.07, 6.45) is 5.23. The van der Waals surface area contributed by atoms with Crippen LogP contribution in [-0.4, -0.2) is 41.6 Å². The molecule has 5 heteroatoms. The highest BCUT2D eigenvalue weighted by molar-refractivity contribution is 9.10. The minimum absolute atomic E-state index is 0.124. The summed E-state index contributed by atoms with van der Waals surface area (Å²) in [7, 11) is 1.93. The van der Waals surface area contributed by atoms with Gasteiger partial charge in [-0.3, -0.25) is 4.79 Å². The Morgan fingerprint density at radius 1 is 1.53 bits per heavy atom. The quantitative estimate of drug-likeness (QED) is 0.926. The van der Waals surface area contributed by atoms with Crippen LogP contribution in [0.1, 0.15) is 36.7 Å². The van der Waals surface area contributed by atoms with Gasteiger partial charge < -0.3 is 14.8 Å². The second kappa shape index (κ2) is 6.57.